The summed E-state index contributed by atoms with van der Waals surface area (Å²) >= 11 is 0. The molecule has 5 nitrogen and oxygen atoms in total. The smallest absolute Gasteiger partial charge is 0.242 e. The van der Waals surface area contributed by atoms with E-state index in [9.17, 15) is 0 Å². The Bertz CT molecular complexity index is 601. The largest absolute Gasteiger partial charge is 0.476 e. The zero-order valence-electron chi connectivity index (χ0n) is 13.5. The van der Waals surface area contributed by atoms with E-state index in [1.54, 1.807) is 0 Å². The van der Waals surface area contributed by atoms with Gasteiger partial charge in [-0.1, -0.05) is 44.2 Å². The predicted octanol–water partition coefficient (Wildman–Crippen LogP) is 3.58. The summed E-state index contributed by atoms with van der Waals surface area (Å²) in [5, 5.41) is 3.36. The Labute approximate surface area is 131 Å². The van der Waals surface area contributed by atoms with Crippen molar-refractivity contribution in [2.45, 2.75) is 39.7 Å². The third-order valence-corrected chi connectivity index (χ3v) is 3.37. The fraction of sp³-hybridized carbons (Fsp3) is 0.412. The minimum atomic E-state index is 0.0992. The number of aryl methyl sites for hydroxylation is 1. The Morgan fingerprint density at radius 3 is 2.55 bits per heavy atom. The molecule has 0 fully saturated rings. The highest BCUT2D eigenvalue weighted by Gasteiger charge is 2.15. The molecule has 1 atom stereocenters. The number of nitrogen functional groups attached to an aromatic ring is 1. The van der Waals surface area contributed by atoms with E-state index in [-0.39, 0.29) is 6.04 Å². The van der Waals surface area contributed by atoms with Crippen LogP contribution in [0.15, 0.2) is 30.3 Å². The van der Waals surface area contributed by atoms with Crippen molar-refractivity contribution in [3.8, 4) is 5.88 Å². The molecule has 0 amide bonds. The van der Waals surface area contributed by atoms with Crippen LogP contribution in [0.1, 0.15) is 44.6 Å². The highest BCUT2D eigenvalue weighted by atomic mass is 16.5. The lowest BCUT2D eigenvalue weighted by Gasteiger charge is -2.18. The summed E-state index contributed by atoms with van der Waals surface area (Å²) in [6.07, 6.45) is 1.64. The van der Waals surface area contributed by atoms with Gasteiger partial charge in [0.25, 0.3) is 0 Å². The van der Waals surface area contributed by atoms with Gasteiger partial charge in [0.1, 0.15) is 11.5 Å². The van der Waals surface area contributed by atoms with Crippen LogP contribution in [0, 0.1) is 0 Å². The molecule has 0 radical (unpaired) electrons. The van der Waals surface area contributed by atoms with E-state index in [0.29, 0.717) is 24.0 Å². The Morgan fingerprint density at radius 1 is 1.18 bits per heavy atom. The molecule has 118 valence electrons. The molecule has 0 aliphatic heterocycles. The molecule has 0 aliphatic rings. The first-order valence-electron chi connectivity index (χ1n) is 7.76. The van der Waals surface area contributed by atoms with E-state index < -0.39 is 0 Å². The molecule has 1 aromatic heterocycles. The van der Waals surface area contributed by atoms with Crippen LogP contribution >= 0.6 is 0 Å². The first-order chi connectivity index (χ1) is 10.7. The van der Waals surface area contributed by atoms with Crippen LogP contribution in [0.2, 0.25) is 0 Å². The topological polar surface area (TPSA) is 73.1 Å². The second-order valence-electron chi connectivity index (χ2n) is 5.19. The number of hydrogen-bond acceptors (Lipinski definition) is 5. The zero-order chi connectivity index (χ0) is 15.9. The molecular formula is C17H24N4O. The van der Waals surface area contributed by atoms with Crippen molar-refractivity contribution in [1.29, 1.82) is 0 Å². The van der Waals surface area contributed by atoms with Gasteiger partial charge in [-0.25, -0.2) is 4.98 Å². The summed E-state index contributed by atoms with van der Waals surface area (Å²) in [6, 6.07) is 10.3. The van der Waals surface area contributed by atoms with Gasteiger partial charge in [-0.15, -0.1) is 0 Å². The zero-order valence-corrected chi connectivity index (χ0v) is 13.5. The number of hydrogen-bond donors (Lipinski definition) is 2. The summed E-state index contributed by atoms with van der Waals surface area (Å²) in [4.78, 5) is 8.87. The molecule has 1 aromatic carbocycles. The molecule has 0 saturated heterocycles. The molecule has 3 N–H and O–H groups in total. The fourth-order valence-electron chi connectivity index (χ4n) is 2.10. The number of nitrogens with two attached hydrogens (primary N) is 1. The lowest BCUT2D eigenvalue weighted by molar-refractivity contribution is 0.305. The highest BCUT2D eigenvalue weighted by molar-refractivity contribution is 5.67. The summed E-state index contributed by atoms with van der Waals surface area (Å²) in [5.74, 6) is 1.83. The molecule has 0 spiro atoms. The quantitative estimate of drug-likeness (QED) is 0.817. The van der Waals surface area contributed by atoms with Gasteiger partial charge in [0.15, 0.2) is 5.82 Å². The lowest BCUT2D eigenvalue weighted by atomic mass is 10.1. The van der Waals surface area contributed by atoms with E-state index in [0.717, 1.165) is 18.7 Å². The lowest BCUT2D eigenvalue weighted by Crippen LogP contribution is -2.13. The van der Waals surface area contributed by atoms with Crippen molar-refractivity contribution in [2.75, 3.05) is 17.7 Å². The third kappa shape index (κ3) is 3.87. The number of benzene rings is 1. The van der Waals surface area contributed by atoms with Crippen LogP contribution in [0.4, 0.5) is 11.5 Å². The van der Waals surface area contributed by atoms with Gasteiger partial charge in [0.05, 0.1) is 12.6 Å². The van der Waals surface area contributed by atoms with E-state index in [1.165, 1.54) is 5.56 Å². The molecule has 2 aromatic rings. The standard InChI is InChI=1S/C17H24N4O/c1-4-11-22-17-15(18)16(20-14(5-2)21-17)19-12(3)13-9-7-6-8-10-13/h6-10,12H,4-5,11,18H2,1-3H3,(H,19,20,21). The monoisotopic (exact) mass is 300 g/mol. The fourth-order valence-corrected chi connectivity index (χ4v) is 2.10. The molecule has 0 saturated carbocycles. The molecule has 0 bridgehead atoms. The molecule has 2 rings (SSSR count). The van der Waals surface area contributed by atoms with Crippen molar-refractivity contribution >= 4 is 11.5 Å². The molecule has 1 unspecified atom stereocenters. The second kappa shape index (κ2) is 7.64. The van der Waals surface area contributed by atoms with Crippen LogP contribution < -0.4 is 15.8 Å². The number of nitrogens with zero attached hydrogens (tertiary/aromatic N) is 2. The average Bonchev–Trinajstić information content (AvgIpc) is 2.56. The van der Waals surface area contributed by atoms with Crippen molar-refractivity contribution in [2.24, 2.45) is 0 Å². The van der Waals surface area contributed by atoms with E-state index >= 15 is 0 Å². The van der Waals surface area contributed by atoms with Crippen molar-refractivity contribution < 1.29 is 4.74 Å². The summed E-state index contributed by atoms with van der Waals surface area (Å²) in [7, 11) is 0. The number of aromatic nitrogens is 2. The van der Waals surface area contributed by atoms with Gasteiger partial charge in [0, 0.05) is 6.42 Å². The SMILES string of the molecule is CCCOc1nc(CC)nc(NC(C)c2ccccc2)c1N. The van der Waals surface area contributed by atoms with E-state index in [1.807, 2.05) is 25.1 Å². The van der Waals surface area contributed by atoms with Crippen LogP contribution in [-0.2, 0) is 6.42 Å². The Morgan fingerprint density at radius 2 is 1.91 bits per heavy atom. The summed E-state index contributed by atoms with van der Waals surface area (Å²) < 4.78 is 5.64. The molecule has 0 aliphatic carbocycles. The summed E-state index contributed by atoms with van der Waals surface area (Å²) in [5.41, 5.74) is 7.80. The molecular weight excluding hydrogens is 276 g/mol. The number of anilines is 2. The van der Waals surface area contributed by atoms with Gasteiger partial charge in [-0.05, 0) is 18.9 Å². The number of ether oxygens (including phenoxy) is 1. The van der Waals surface area contributed by atoms with Crippen molar-refractivity contribution in [3.05, 3.63) is 41.7 Å². The number of nitrogens with one attached hydrogen (secondary N) is 1. The Kier molecular flexibility index (Phi) is 5.58. The summed E-state index contributed by atoms with van der Waals surface area (Å²) in [6.45, 7) is 6.74. The van der Waals surface area contributed by atoms with Gasteiger partial charge in [-0.3, -0.25) is 0 Å². The van der Waals surface area contributed by atoms with Gasteiger partial charge < -0.3 is 15.8 Å². The predicted molar refractivity (Wildman–Crippen MR) is 90.1 cm³/mol. The maximum absolute atomic E-state index is 6.16. The van der Waals surface area contributed by atoms with Crippen LogP contribution in [0.5, 0.6) is 5.88 Å². The van der Waals surface area contributed by atoms with Crippen molar-refractivity contribution in [3.63, 3.8) is 0 Å². The van der Waals surface area contributed by atoms with Gasteiger partial charge in [0.2, 0.25) is 5.88 Å². The van der Waals surface area contributed by atoms with E-state index in [2.05, 4.69) is 41.3 Å². The number of rotatable bonds is 7. The second-order valence-corrected chi connectivity index (χ2v) is 5.19. The Balaban J connectivity index is 2.25. The third-order valence-electron chi connectivity index (χ3n) is 3.37. The van der Waals surface area contributed by atoms with Gasteiger partial charge >= 0.3 is 0 Å². The van der Waals surface area contributed by atoms with E-state index in [4.69, 9.17) is 10.5 Å². The maximum Gasteiger partial charge on any atom is 0.242 e. The highest BCUT2D eigenvalue weighted by Crippen LogP contribution is 2.29. The average molecular weight is 300 g/mol. The first-order valence-corrected chi connectivity index (χ1v) is 7.76. The molecule has 1 heterocycles. The normalized spacial score (nSPS) is 12.0. The van der Waals surface area contributed by atoms with Gasteiger partial charge in [-0.2, -0.15) is 4.98 Å². The van der Waals surface area contributed by atoms with Crippen molar-refractivity contribution in [1.82, 2.24) is 9.97 Å². The van der Waals surface area contributed by atoms with Crippen LogP contribution in [0.25, 0.3) is 0 Å². The van der Waals surface area contributed by atoms with Crippen LogP contribution in [0.3, 0.4) is 0 Å². The van der Waals surface area contributed by atoms with Crippen LogP contribution in [-0.4, -0.2) is 16.6 Å². The molecule has 22 heavy (non-hydrogen) atoms. The first kappa shape index (κ1) is 16.1. The maximum atomic E-state index is 6.16. The Hall–Kier alpha value is -2.30. The molecule has 5 heteroatoms. The minimum absolute atomic E-state index is 0.0992. The minimum Gasteiger partial charge on any atom is -0.476 e.